The molecule has 1 aliphatic rings. The van der Waals surface area contributed by atoms with Crippen molar-refractivity contribution >= 4 is 5.97 Å². The first-order valence-electron chi connectivity index (χ1n) is 10.9. The average molecular weight is 401 g/mol. The van der Waals surface area contributed by atoms with Gasteiger partial charge in [0.1, 0.15) is 0 Å². The van der Waals surface area contributed by atoms with Crippen LogP contribution in [0.25, 0.3) is 0 Å². The van der Waals surface area contributed by atoms with Gasteiger partial charge in [0.2, 0.25) is 0 Å². The molecule has 2 unspecified atom stereocenters. The van der Waals surface area contributed by atoms with Crippen LogP contribution in [-0.2, 0) is 9.53 Å². The largest absolute Gasteiger partial charge is 0.469 e. The molecule has 4 heteroatoms. The van der Waals surface area contributed by atoms with Crippen molar-refractivity contribution in [1.82, 2.24) is 0 Å². The lowest BCUT2D eigenvalue weighted by molar-refractivity contribution is -0.140. The van der Waals surface area contributed by atoms with Crippen LogP contribution >= 0.6 is 0 Å². The van der Waals surface area contributed by atoms with Crippen molar-refractivity contribution in [2.24, 2.45) is 0 Å². The van der Waals surface area contributed by atoms with Gasteiger partial charge in [-0.3, -0.25) is 4.79 Å². The summed E-state index contributed by atoms with van der Waals surface area (Å²) in [6, 6.07) is 8.09. The van der Waals surface area contributed by atoms with Crippen LogP contribution in [0.3, 0.4) is 0 Å². The molecule has 2 N–H and O–H groups in total. The number of aliphatic hydroxyl groups is 2. The Bertz CT molecular complexity index is 675. The molecule has 160 valence electrons. The molecule has 1 aliphatic carbocycles. The second kappa shape index (κ2) is 12.6. The molecule has 1 aromatic rings. The van der Waals surface area contributed by atoms with Gasteiger partial charge in [-0.1, -0.05) is 74.3 Å². The van der Waals surface area contributed by atoms with E-state index < -0.39 is 12.2 Å². The van der Waals surface area contributed by atoms with E-state index in [0.717, 1.165) is 56.1 Å². The smallest absolute Gasteiger partial charge is 0.305 e. The Balaban J connectivity index is 1.89. The first-order chi connectivity index (χ1) is 14.1. The highest BCUT2D eigenvalue weighted by Crippen LogP contribution is 2.38. The van der Waals surface area contributed by atoms with Gasteiger partial charge < -0.3 is 14.9 Å². The topological polar surface area (TPSA) is 66.8 Å². The van der Waals surface area contributed by atoms with E-state index in [1.54, 1.807) is 0 Å². The zero-order chi connectivity index (χ0) is 21.1. The number of benzene rings is 1. The Labute approximate surface area is 175 Å². The molecular weight excluding hydrogens is 364 g/mol. The molecule has 0 heterocycles. The lowest BCUT2D eigenvalue weighted by Crippen LogP contribution is -2.14. The first-order valence-corrected chi connectivity index (χ1v) is 10.9. The normalized spacial score (nSPS) is 20.1. The number of hydrogen-bond donors (Lipinski definition) is 2. The SMILES string of the molecule is CCCCCC(O)c1ccc(C2C(C/C=C\CCCC(=O)OC)=CC[C@H]2O)cc1. The third-order valence-electron chi connectivity index (χ3n) is 5.67. The molecule has 1 aromatic carbocycles. The number of carbonyl (C=O) groups is 1. The maximum atomic E-state index is 11.1. The zero-order valence-corrected chi connectivity index (χ0v) is 17.8. The first kappa shape index (κ1) is 23.4. The second-order valence-electron chi connectivity index (χ2n) is 7.88. The fraction of sp³-hybridized carbons (Fsp3) is 0.560. The van der Waals surface area contributed by atoms with E-state index in [2.05, 4.69) is 29.9 Å². The van der Waals surface area contributed by atoms with Gasteiger partial charge in [0.25, 0.3) is 0 Å². The van der Waals surface area contributed by atoms with E-state index in [4.69, 9.17) is 0 Å². The van der Waals surface area contributed by atoms with Gasteiger partial charge in [-0.25, -0.2) is 0 Å². The summed E-state index contributed by atoms with van der Waals surface area (Å²) in [5.74, 6) is -0.153. The molecule has 0 bridgehead atoms. The highest BCUT2D eigenvalue weighted by Gasteiger charge is 2.28. The summed E-state index contributed by atoms with van der Waals surface area (Å²) in [7, 11) is 1.41. The minimum atomic E-state index is -0.410. The van der Waals surface area contributed by atoms with E-state index in [0.29, 0.717) is 12.8 Å². The van der Waals surface area contributed by atoms with E-state index in [9.17, 15) is 15.0 Å². The minimum Gasteiger partial charge on any atom is -0.469 e. The van der Waals surface area contributed by atoms with Crippen molar-refractivity contribution in [2.45, 2.75) is 82.8 Å². The number of ether oxygens (including phenoxy) is 1. The number of carbonyl (C=O) groups excluding carboxylic acids is 1. The van der Waals surface area contributed by atoms with E-state index in [1.165, 1.54) is 12.7 Å². The highest BCUT2D eigenvalue weighted by molar-refractivity contribution is 5.69. The molecule has 0 aliphatic heterocycles. The Kier molecular flexibility index (Phi) is 10.2. The number of allylic oxidation sites excluding steroid dienone is 2. The fourth-order valence-electron chi connectivity index (χ4n) is 3.91. The van der Waals surface area contributed by atoms with E-state index in [1.807, 2.05) is 24.3 Å². The van der Waals surface area contributed by atoms with Crippen molar-refractivity contribution in [1.29, 1.82) is 0 Å². The summed E-state index contributed by atoms with van der Waals surface area (Å²) >= 11 is 0. The van der Waals surface area contributed by atoms with Gasteiger partial charge in [-0.15, -0.1) is 0 Å². The predicted octanol–water partition coefficient (Wildman–Crippen LogP) is 5.36. The molecule has 0 saturated heterocycles. The third-order valence-corrected chi connectivity index (χ3v) is 5.67. The maximum absolute atomic E-state index is 11.1. The number of esters is 1. The lowest BCUT2D eigenvalue weighted by Gasteiger charge is -2.20. The Morgan fingerprint density at radius 3 is 2.66 bits per heavy atom. The Hall–Kier alpha value is -1.91. The number of methoxy groups -OCH3 is 1. The van der Waals surface area contributed by atoms with Crippen LogP contribution in [0, 0.1) is 0 Å². The average Bonchev–Trinajstić information content (AvgIpc) is 3.10. The molecule has 4 nitrogen and oxygen atoms in total. The molecule has 0 fully saturated rings. The number of aliphatic hydroxyl groups excluding tert-OH is 2. The van der Waals surface area contributed by atoms with Crippen LogP contribution in [0.5, 0.6) is 0 Å². The zero-order valence-electron chi connectivity index (χ0n) is 17.8. The van der Waals surface area contributed by atoms with Gasteiger partial charge in [0, 0.05) is 12.3 Å². The number of rotatable bonds is 12. The van der Waals surface area contributed by atoms with E-state index >= 15 is 0 Å². The minimum absolute atomic E-state index is 0.0148. The molecule has 29 heavy (non-hydrogen) atoms. The van der Waals surface area contributed by atoms with Crippen molar-refractivity contribution in [3.8, 4) is 0 Å². The molecule has 3 atom stereocenters. The predicted molar refractivity (Wildman–Crippen MR) is 117 cm³/mol. The molecule has 0 radical (unpaired) electrons. The summed E-state index contributed by atoms with van der Waals surface area (Å²) in [5, 5.41) is 20.8. The Morgan fingerprint density at radius 2 is 1.97 bits per heavy atom. The van der Waals surface area contributed by atoms with Crippen molar-refractivity contribution < 1.29 is 19.7 Å². The maximum Gasteiger partial charge on any atom is 0.305 e. The highest BCUT2D eigenvalue weighted by atomic mass is 16.5. The van der Waals surface area contributed by atoms with Crippen molar-refractivity contribution in [3.05, 3.63) is 59.2 Å². The van der Waals surface area contributed by atoms with Crippen LogP contribution in [0.15, 0.2) is 48.1 Å². The van der Waals surface area contributed by atoms with Gasteiger partial charge in [-0.2, -0.15) is 0 Å². The molecule has 0 saturated carbocycles. The van der Waals surface area contributed by atoms with Gasteiger partial charge in [0.15, 0.2) is 0 Å². The summed E-state index contributed by atoms with van der Waals surface area (Å²) in [4.78, 5) is 11.1. The second-order valence-corrected chi connectivity index (χ2v) is 7.88. The quantitative estimate of drug-likeness (QED) is 0.281. The summed E-state index contributed by atoms with van der Waals surface area (Å²) in [6.45, 7) is 2.16. The summed E-state index contributed by atoms with van der Waals surface area (Å²) in [5.41, 5.74) is 3.29. The fourth-order valence-corrected chi connectivity index (χ4v) is 3.91. The molecule has 2 rings (SSSR count). The lowest BCUT2D eigenvalue weighted by atomic mass is 9.88. The monoisotopic (exact) mass is 400 g/mol. The van der Waals surface area contributed by atoms with Crippen molar-refractivity contribution in [3.63, 3.8) is 0 Å². The standard InChI is InChI=1S/C25H36O4/c1-3-4-7-11-22(26)19-13-15-21(16-14-19)25-20(17-18-23(25)27)10-8-5-6-9-12-24(28)29-2/h5,8,13-17,22-23,25-27H,3-4,6-7,9-12,18H2,1-2H3/b8-5-/t22?,23-,25?/m1/s1. The van der Waals surface area contributed by atoms with Crippen LogP contribution in [0.2, 0.25) is 0 Å². The summed E-state index contributed by atoms with van der Waals surface area (Å²) in [6.07, 6.45) is 13.3. The molecular formula is C25H36O4. The van der Waals surface area contributed by atoms with Gasteiger partial charge in [0.05, 0.1) is 19.3 Å². The molecule has 0 aromatic heterocycles. The molecule has 0 spiro atoms. The van der Waals surface area contributed by atoms with Crippen LogP contribution in [0.4, 0.5) is 0 Å². The van der Waals surface area contributed by atoms with E-state index in [-0.39, 0.29) is 11.9 Å². The van der Waals surface area contributed by atoms with Crippen LogP contribution < -0.4 is 0 Å². The van der Waals surface area contributed by atoms with Crippen LogP contribution in [-0.4, -0.2) is 29.4 Å². The van der Waals surface area contributed by atoms with Gasteiger partial charge in [-0.05, 0) is 43.2 Å². The third kappa shape index (κ3) is 7.45. The summed E-state index contributed by atoms with van der Waals surface area (Å²) < 4.78 is 4.64. The molecule has 0 amide bonds. The number of hydrogen-bond acceptors (Lipinski definition) is 4. The van der Waals surface area contributed by atoms with Gasteiger partial charge >= 0.3 is 5.97 Å². The van der Waals surface area contributed by atoms with Crippen molar-refractivity contribution in [2.75, 3.05) is 7.11 Å². The van der Waals surface area contributed by atoms with Crippen LogP contribution in [0.1, 0.15) is 87.9 Å². The Morgan fingerprint density at radius 1 is 1.21 bits per heavy atom. The number of unbranched alkanes of at least 4 members (excludes halogenated alkanes) is 3.